The molecule has 0 atom stereocenters. The lowest BCUT2D eigenvalue weighted by Gasteiger charge is -2.06. The topological polar surface area (TPSA) is 74.1 Å². The molecule has 0 spiro atoms. The van der Waals surface area contributed by atoms with E-state index in [1.54, 1.807) is 17.6 Å². The van der Waals surface area contributed by atoms with E-state index in [1.165, 1.54) is 22.7 Å². The van der Waals surface area contributed by atoms with Crippen LogP contribution in [0.2, 0.25) is 0 Å². The molecule has 0 fully saturated rings. The molecule has 0 saturated carbocycles. The standard InChI is InChI=1S/C21H17N3O3S2/c1-13-10-16(14(2)24(13)21-22-8-9-28-21)18(25)11-27-20(26)17-12-29-19(23-17)15-6-4-3-5-7-15/h3-10,12H,11H2,1-2H3. The maximum Gasteiger partial charge on any atom is 0.358 e. The van der Waals surface area contributed by atoms with E-state index in [-0.39, 0.29) is 18.1 Å². The van der Waals surface area contributed by atoms with Crippen molar-refractivity contribution in [2.24, 2.45) is 0 Å². The van der Waals surface area contributed by atoms with Crippen LogP contribution < -0.4 is 0 Å². The highest BCUT2D eigenvalue weighted by molar-refractivity contribution is 7.13. The van der Waals surface area contributed by atoms with Gasteiger partial charge in [0, 0.05) is 39.5 Å². The van der Waals surface area contributed by atoms with Gasteiger partial charge < -0.3 is 4.74 Å². The summed E-state index contributed by atoms with van der Waals surface area (Å²) in [6, 6.07) is 11.4. The van der Waals surface area contributed by atoms with Gasteiger partial charge in [-0.25, -0.2) is 14.8 Å². The molecule has 8 heteroatoms. The lowest BCUT2D eigenvalue weighted by Crippen LogP contribution is -2.15. The minimum absolute atomic E-state index is 0.204. The third kappa shape index (κ3) is 3.90. The molecule has 0 aliphatic heterocycles. The van der Waals surface area contributed by atoms with Crippen LogP contribution in [0.5, 0.6) is 0 Å². The number of thiazole rings is 2. The number of ketones is 1. The first-order valence-electron chi connectivity index (χ1n) is 8.84. The van der Waals surface area contributed by atoms with Crippen molar-refractivity contribution in [3.63, 3.8) is 0 Å². The minimum Gasteiger partial charge on any atom is -0.453 e. The first-order chi connectivity index (χ1) is 14.0. The SMILES string of the molecule is Cc1cc(C(=O)COC(=O)c2csc(-c3ccccc3)n2)c(C)n1-c1nccs1. The number of nitrogens with zero attached hydrogens (tertiary/aromatic N) is 3. The first kappa shape index (κ1) is 19.2. The van der Waals surface area contributed by atoms with E-state index in [1.807, 2.05) is 54.1 Å². The number of ether oxygens (including phenoxy) is 1. The number of carbonyl (C=O) groups excluding carboxylic acids is 2. The Morgan fingerprint density at radius 2 is 1.93 bits per heavy atom. The first-order valence-corrected chi connectivity index (χ1v) is 10.6. The van der Waals surface area contributed by atoms with Gasteiger partial charge in [0.2, 0.25) is 5.78 Å². The van der Waals surface area contributed by atoms with Gasteiger partial charge in [0.05, 0.1) is 0 Å². The quantitative estimate of drug-likeness (QED) is 0.332. The van der Waals surface area contributed by atoms with Crippen LogP contribution in [0.15, 0.2) is 53.4 Å². The Bertz CT molecular complexity index is 1160. The number of hydrogen-bond acceptors (Lipinski definition) is 7. The fraction of sp³-hybridized carbons (Fsp3) is 0.143. The molecule has 0 bridgehead atoms. The van der Waals surface area contributed by atoms with Crippen LogP contribution >= 0.6 is 22.7 Å². The van der Waals surface area contributed by atoms with Crippen LogP contribution in [0.25, 0.3) is 15.7 Å². The van der Waals surface area contributed by atoms with E-state index in [0.717, 1.165) is 27.1 Å². The molecule has 0 saturated heterocycles. The average Bonchev–Trinajstić information content (AvgIpc) is 3.47. The molecule has 1 aromatic carbocycles. The molecule has 0 aliphatic rings. The zero-order valence-electron chi connectivity index (χ0n) is 15.8. The van der Waals surface area contributed by atoms with E-state index >= 15 is 0 Å². The maximum atomic E-state index is 12.6. The molecule has 0 unspecified atom stereocenters. The summed E-state index contributed by atoms with van der Waals surface area (Å²) < 4.78 is 7.14. The van der Waals surface area contributed by atoms with Gasteiger partial charge in [-0.1, -0.05) is 30.3 Å². The van der Waals surface area contributed by atoms with Crippen molar-refractivity contribution >= 4 is 34.4 Å². The van der Waals surface area contributed by atoms with Gasteiger partial charge in [0.25, 0.3) is 0 Å². The number of rotatable bonds is 6. The molecular weight excluding hydrogens is 406 g/mol. The van der Waals surface area contributed by atoms with E-state index in [9.17, 15) is 9.59 Å². The predicted molar refractivity (Wildman–Crippen MR) is 113 cm³/mol. The molecule has 6 nitrogen and oxygen atoms in total. The third-order valence-corrected chi connectivity index (χ3v) is 6.06. The molecule has 3 aromatic heterocycles. The molecule has 0 N–H and O–H groups in total. The molecule has 0 amide bonds. The molecule has 29 heavy (non-hydrogen) atoms. The second-order valence-corrected chi connectivity index (χ2v) is 8.07. The van der Waals surface area contributed by atoms with Gasteiger partial charge >= 0.3 is 5.97 Å². The highest BCUT2D eigenvalue weighted by atomic mass is 32.1. The highest BCUT2D eigenvalue weighted by Crippen LogP contribution is 2.24. The third-order valence-electron chi connectivity index (χ3n) is 4.41. The molecule has 3 heterocycles. The summed E-state index contributed by atoms with van der Waals surface area (Å²) in [6.07, 6.45) is 1.72. The van der Waals surface area contributed by atoms with Crippen molar-refractivity contribution in [1.82, 2.24) is 14.5 Å². The van der Waals surface area contributed by atoms with Crippen molar-refractivity contribution in [2.45, 2.75) is 13.8 Å². The van der Waals surface area contributed by atoms with Crippen molar-refractivity contribution in [3.8, 4) is 15.7 Å². The molecular formula is C21H17N3O3S2. The van der Waals surface area contributed by atoms with Gasteiger partial charge in [-0.15, -0.1) is 22.7 Å². The van der Waals surface area contributed by atoms with Gasteiger partial charge in [-0.3, -0.25) is 9.36 Å². The largest absolute Gasteiger partial charge is 0.453 e. The minimum atomic E-state index is -0.606. The fourth-order valence-electron chi connectivity index (χ4n) is 3.03. The fourth-order valence-corrected chi connectivity index (χ4v) is 4.58. The van der Waals surface area contributed by atoms with Crippen LogP contribution in [-0.4, -0.2) is 32.9 Å². The van der Waals surface area contributed by atoms with E-state index in [4.69, 9.17) is 4.74 Å². The van der Waals surface area contributed by atoms with E-state index in [0.29, 0.717) is 5.56 Å². The Balaban J connectivity index is 1.45. The summed E-state index contributed by atoms with van der Waals surface area (Å²) in [5, 5.41) is 5.06. The lowest BCUT2D eigenvalue weighted by molar-refractivity contribution is 0.0469. The summed E-state index contributed by atoms with van der Waals surface area (Å²) >= 11 is 2.86. The predicted octanol–water partition coefficient (Wildman–Crippen LogP) is 4.71. The van der Waals surface area contributed by atoms with Gasteiger partial charge in [-0.05, 0) is 19.9 Å². The van der Waals surface area contributed by atoms with Gasteiger partial charge in [-0.2, -0.15) is 0 Å². The molecule has 4 aromatic rings. The number of esters is 1. The van der Waals surface area contributed by atoms with Crippen molar-refractivity contribution in [2.75, 3.05) is 6.61 Å². The number of aryl methyl sites for hydroxylation is 1. The summed E-state index contributed by atoms with van der Waals surface area (Å²) in [7, 11) is 0. The van der Waals surface area contributed by atoms with Crippen molar-refractivity contribution in [3.05, 3.63) is 76.0 Å². The normalized spacial score (nSPS) is 10.8. The highest BCUT2D eigenvalue weighted by Gasteiger charge is 2.20. The molecule has 4 rings (SSSR count). The number of aromatic nitrogens is 3. The Hall–Kier alpha value is -3.10. The van der Waals surface area contributed by atoms with Crippen LogP contribution in [0, 0.1) is 13.8 Å². The number of carbonyl (C=O) groups is 2. The second kappa shape index (κ2) is 8.10. The Kier molecular flexibility index (Phi) is 5.37. The van der Waals surface area contributed by atoms with Gasteiger partial charge in [0.15, 0.2) is 17.4 Å². The van der Waals surface area contributed by atoms with Crippen LogP contribution in [0.3, 0.4) is 0 Å². The summed E-state index contributed by atoms with van der Waals surface area (Å²) in [6.45, 7) is 3.44. The second-order valence-electron chi connectivity index (χ2n) is 6.34. The maximum absolute atomic E-state index is 12.6. The van der Waals surface area contributed by atoms with Crippen LogP contribution in [-0.2, 0) is 4.74 Å². The molecule has 0 radical (unpaired) electrons. The van der Waals surface area contributed by atoms with E-state index < -0.39 is 5.97 Å². The summed E-state index contributed by atoms with van der Waals surface area (Å²) in [5.41, 5.74) is 3.34. The number of benzene rings is 1. The van der Waals surface area contributed by atoms with Gasteiger partial charge in [0.1, 0.15) is 5.01 Å². The van der Waals surface area contributed by atoms with Crippen molar-refractivity contribution in [1.29, 1.82) is 0 Å². The number of Topliss-reactive ketones (excluding diaryl/α,β-unsaturated/α-hetero) is 1. The van der Waals surface area contributed by atoms with Crippen LogP contribution in [0.4, 0.5) is 0 Å². The summed E-state index contributed by atoms with van der Waals surface area (Å²) in [4.78, 5) is 33.6. The zero-order valence-corrected chi connectivity index (χ0v) is 17.4. The van der Waals surface area contributed by atoms with Crippen LogP contribution in [0.1, 0.15) is 32.2 Å². The Labute approximate surface area is 175 Å². The van der Waals surface area contributed by atoms with E-state index in [2.05, 4.69) is 9.97 Å². The number of hydrogen-bond donors (Lipinski definition) is 0. The zero-order chi connectivity index (χ0) is 20.4. The average molecular weight is 424 g/mol. The van der Waals surface area contributed by atoms with Crippen molar-refractivity contribution < 1.29 is 14.3 Å². The monoisotopic (exact) mass is 423 g/mol. The Morgan fingerprint density at radius 1 is 1.14 bits per heavy atom. The molecule has 146 valence electrons. The Morgan fingerprint density at radius 3 is 2.66 bits per heavy atom. The summed E-state index contributed by atoms with van der Waals surface area (Å²) in [5.74, 6) is -0.863. The lowest BCUT2D eigenvalue weighted by atomic mass is 10.1. The smallest absolute Gasteiger partial charge is 0.358 e. The molecule has 0 aliphatic carbocycles.